The summed E-state index contributed by atoms with van der Waals surface area (Å²) in [6, 6.07) is 0. The second-order valence-corrected chi connectivity index (χ2v) is 7.79. The molecule has 0 amide bonds. The first-order valence-corrected chi connectivity index (χ1v) is 9.42. The molecule has 3 aliphatic carbocycles. The van der Waals surface area contributed by atoms with Crippen molar-refractivity contribution < 1.29 is 14.6 Å². The van der Waals surface area contributed by atoms with Crippen molar-refractivity contribution in [2.75, 3.05) is 0 Å². The Balaban J connectivity index is 1.48. The van der Waals surface area contributed by atoms with Crippen molar-refractivity contribution in [2.45, 2.75) is 83.2 Å². The van der Waals surface area contributed by atoms with Crippen LogP contribution in [0.15, 0.2) is 24.0 Å². The van der Waals surface area contributed by atoms with Gasteiger partial charge >= 0.3 is 5.97 Å². The van der Waals surface area contributed by atoms with E-state index in [-0.39, 0.29) is 6.42 Å². The van der Waals surface area contributed by atoms with E-state index >= 15 is 0 Å². The van der Waals surface area contributed by atoms with Crippen molar-refractivity contribution in [3.8, 4) is 0 Å². The smallest absolute Gasteiger partial charge is 0.303 e. The lowest BCUT2D eigenvalue weighted by Crippen LogP contribution is -2.34. The zero-order chi connectivity index (χ0) is 16.1. The molecule has 2 unspecified atom stereocenters. The molecule has 0 aromatic carbocycles. The van der Waals surface area contributed by atoms with E-state index in [2.05, 4.69) is 18.2 Å². The highest BCUT2D eigenvalue weighted by Gasteiger charge is 2.38. The number of hydrogen-bond donors (Lipinski definition) is 1. The average molecular weight is 318 g/mol. The van der Waals surface area contributed by atoms with Crippen LogP contribution in [0.4, 0.5) is 0 Å². The number of hydrogen-bond acceptors (Lipinski definition) is 2. The summed E-state index contributed by atoms with van der Waals surface area (Å²) in [7, 11) is 0. The Morgan fingerprint density at radius 1 is 1.22 bits per heavy atom. The molecule has 23 heavy (non-hydrogen) atoms. The van der Waals surface area contributed by atoms with Gasteiger partial charge in [-0.25, -0.2) is 0 Å². The summed E-state index contributed by atoms with van der Waals surface area (Å²) in [5, 5.41) is 8.77. The molecule has 2 atom stereocenters. The largest absolute Gasteiger partial charge is 0.491 e. The fourth-order valence-electron chi connectivity index (χ4n) is 4.70. The fraction of sp³-hybridized carbons (Fsp3) is 0.750. The van der Waals surface area contributed by atoms with Crippen LogP contribution in [0.1, 0.15) is 77.0 Å². The molecular weight excluding hydrogens is 288 g/mol. The maximum atomic E-state index is 10.7. The number of carbonyl (C=O) groups is 1. The maximum Gasteiger partial charge on any atom is 0.303 e. The van der Waals surface area contributed by atoms with Crippen LogP contribution in [-0.4, -0.2) is 17.2 Å². The summed E-state index contributed by atoms with van der Waals surface area (Å²) in [5.74, 6) is 0.660. The van der Waals surface area contributed by atoms with Gasteiger partial charge in [-0.3, -0.25) is 4.79 Å². The van der Waals surface area contributed by atoms with Gasteiger partial charge in [0, 0.05) is 6.42 Å². The minimum absolute atomic E-state index is 0.254. The van der Waals surface area contributed by atoms with E-state index in [4.69, 9.17) is 9.84 Å². The molecule has 1 N–H and O–H groups in total. The van der Waals surface area contributed by atoms with E-state index in [9.17, 15) is 4.79 Å². The van der Waals surface area contributed by atoms with Gasteiger partial charge in [0.2, 0.25) is 0 Å². The molecule has 0 aromatic rings. The Morgan fingerprint density at radius 2 is 2.00 bits per heavy atom. The number of carboxylic acid groups (broad SMARTS) is 1. The monoisotopic (exact) mass is 318 g/mol. The molecular formula is C20H30O3. The Labute approximate surface area is 139 Å². The molecule has 0 heterocycles. The lowest BCUT2D eigenvalue weighted by Gasteiger charge is -2.43. The van der Waals surface area contributed by atoms with E-state index in [1.54, 1.807) is 0 Å². The van der Waals surface area contributed by atoms with Gasteiger partial charge in [-0.2, -0.15) is 0 Å². The minimum atomic E-state index is -0.704. The van der Waals surface area contributed by atoms with Crippen LogP contribution in [0.25, 0.3) is 0 Å². The van der Waals surface area contributed by atoms with Crippen molar-refractivity contribution in [3.63, 3.8) is 0 Å². The third-order valence-corrected chi connectivity index (χ3v) is 5.99. The highest BCUT2D eigenvalue weighted by Crippen LogP contribution is 2.48. The van der Waals surface area contributed by atoms with Crippen molar-refractivity contribution in [2.24, 2.45) is 11.3 Å². The van der Waals surface area contributed by atoms with E-state index in [1.807, 2.05) is 0 Å². The molecule has 3 aliphatic rings. The summed E-state index contributed by atoms with van der Waals surface area (Å²) in [6.07, 6.45) is 20.8. The first-order valence-electron chi connectivity index (χ1n) is 9.42. The predicted molar refractivity (Wildman–Crippen MR) is 91.1 cm³/mol. The molecule has 0 bridgehead atoms. The molecule has 3 nitrogen and oxygen atoms in total. The summed E-state index contributed by atoms with van der Waals surface area (Å²) in [4.78, 5) is 10.7. The average Bonchev–Trinajstić information content (AvgIpc) is 2.55. The van der Waals surface area contributed by atoms with Crippen LogP contribution in [0.2, 0.25) is 0 Å². The van der Waals surface area contributed by atoms with Gasteiger partial charge in [0.1, 0.15) is 5.76 Å². The van der Waals surface area contributed by atoms with Gasteiger partial charge in [-0.1, -0.05) is 25.3 Å². The van der Waals surface area contributed by atoms with Crippen molar-refractivity contribution in [3.05, 3.63) is 24.0 Å². The second-order valence-electron chi connectivity index (χ2n) is 7.79. The maximum absolute atomic E-state index is 10.7. The van der Waals surface area contributed by atoms with Gasteiger partial charge in [0.05, 0.1) is 6.10 Å². The number of rotatable bonds is 5. The van der Waals surface area contributed by atoms with Crippen LogP contribution >= 0.6 is 0 Å². The normalized spacial score (nSPS) is 30.0. The Morgan fingerprint density at radius 3 is 2.70 bits per heavy atom. The standard InChI is InChI=1S/C20H30O3/c21-19(22)11-8-16-6-9-17(10-7-16)23-18-5-4-14-20(15-18)12-2-1-3-13-20/h6,9-10,16,18H,1-5,7-8,11-15H2,(H,21,22). The summed E-state index contributed by atoms with van der Waals surface area (Å²) in [5.41, 5.74) is 0.574. The van der Waals surface area contributed by atoms with Gasteiger partial charge in [0.25, 0.3) is 0 Å². The third kappa shape index (κ3) is 4.62. The second kappa shape index (κ2) is 7.55. The zero-order valence-electron chi connectivity index (χ0n) is 14.1. The summed E-state index contributed by atoms with van der Waals surface area (Å²) < 4.78 is 6.29. The van der Waals surface area contributed by atoms with Gasteiger partial charge in [-0.05, 0) is 74.9 Å². The first-order chi connectivity index (χ1) is 11.2. The zero-order valence-corrected chi connectivity index (χ0v) is 14.1. The van der Waals surface area contributed by atoms with E-state index in [1.165, 1.54) is 57.8 Å². The van der Waals surface area contributed by atoms with E-state index in [0.717, 1.165) is 18.6 Å². The topological polar surface area (TPSA) is 46.5 Å². The molecule has 0 aromatic heterocycles. The van der Waals surface area contributed by atoms with Crippen LogP contribution in [-0.2, 0) is 9.53 Å². The SMILES string of the molecule is O=C(O)CCC1C=CC(OC2CCCC3(CCCCC3)C2)=CC1. The first kappa shape index (κ1) is 16.6. The van der Waals surface area contributed by atoms with Gasteiger partial charge in [0.15, 0.2) is 0 Å². The summed E-state index contributed by atoms with van der Waals surface area (Å²) >= 11 is 0. The fourth-order valence-corrected chi connectivity index (χ4v) is 4.70. The van der Waals surface area contributed by atoms with Crippen LogP contribution in [0, 0.1) is 11.3 Å². The number of aliphatic carboxylic acids is 1. The van der Waals surface area contributed by atoms with E-state index < -0.39 is 5.97 Å². The highest BCUT2D eigenvalue weighted by molar-refractivity contribution is 5.66. The Kier molecular flexibility index (Phi) is 5.45. The van der Waals surface area contributed by atoms with E-state index in [0.29, 0.717) is 17.4 Å². The van der Waals surface area contributed by atoms with Crippen LogP contribution in [0.3, 0.4) is 0 Å². The van der Waals surface area contributed by atoms with Crippen molar-refractivity contribution >= 4 is 5.97 Å². The quantitative estimate of drug-likeness (QED) is 0.756. The van der Waals surface area contributed by atoms with Crippen LogP contribution in [0.5, 0.6) is 0 Å². The molecule has 3 heteroatoms. The Hall–Kier alpha value is -1.25. The number of carboxylic acids is 1. The highest BCUT2D eigenvalue weighted by atomic mass is 16.5. The molecule has 0 saturated heterocycles. The van der Waals surface area contributed by atoms with Gasteiger partial charge < -0.3 is 9.84 Å². The number of ether oxygens (including phenoxy) is 1. The lowest BCUT2D eigenvalue weighted by molar-refractivity contribution is -0.137. The summed E-state index contributed by atoms with van der Waals surface area (Å²) in [6.45, 7) is 0. The molecule has 2 fully saturated rings. The van der Waals surface area contributed by atoms with Crippen molar-refractivity contribution in [1.82, 2.24) is 0 Å². The molecule has 128 valence electrons. The molecule has 0 radical (unpaired) electrons. The Bertz CT molecular complexity index is 466. The molecule has 3 rings (SSSR count). The van der Waals surface area contributed by atoms with Gasteiger partial charge in [-0.15, -0.1) is 0 Å². The lowest BCUT2D eigenvalue weighted by atomic mass is 9.64. The number of allylic oxidation sites excluding steroid dienone is 3. The minimum Gasteiger partial charge on any atom is -0.491 e. The molecule has 2 saturated carbocycles. The van der Waals surface area contributed by atoms with Crippen molar-refractivity contribution in [1.29, 1.82) is 0 Å². The predicted octanol–water partition coefficient (Wildman–Crippen LogP) is 5.22. The van der Waals surface area contributed by atoms with Crippen LogP contribution < -0.4 is 0 Å². The third-order valence-electron chi connectivity index (χ3n) is 5.99. The molecule has 1 spiro atoms. The molecule has 0 aliphatic heterocycles.